The van der Waals surface area contributed by atoms with Gasteiger partial charge in [-0.25, -0.2) is 0 Å². The van der Waals surface area contributed by atoms with Crippen LogP contribution in [-0.2, 0) is 4.79 Å². The van der Waals surface area contributed by atoms with Gasteiger partial charge in [-0.3, -0.25) is 4.79 Å². The minimum atomic E-state index is -0.840. The summed E-state index contributed by atoms with van der Waals surface area (Å²) in [7, 11) is 0. The van der Waals surface area contributed by atoms with Crippen LogP contribution >= 0.6 is 0 Å². The molecular formula is C50H85NO3. The lowest BCUT2D eigenvalue weighted by atomic mass is 10.0. The van der Waals surface area contributed by atoms with E-state index in [9.17, 15) is 15.0 Å². The van der Waals surface area contributed by atoms with Crippen molar-refractivity contribution >= 4 is 5.91 Å². The van der Waals surface area contributed by atoms with Gasteiger partial charge in [0.1, 0.15) is 0 Å². The molecule has 0 aliphatic heterocycles. The molecule has 0 aromatic heterocycles. The minimum Gasteiger partial charge on any atom is -0.394 e. The van der Waals surface area contributed by atoms with Crippen molar-refractivity contribution in [3.8, 4) is 0 Å². The van der Waals surface area contributed by atoms with E-state index >= 15 is 0 Å². The Morgan fingerprint density at radius 1 is 0.463 bits per heavy atom. The molecule has 2 atom stereocenters. The number of aliphatic hydroxyl groups is 2. The van der Waals surface area contributed by atoms with Crippen LogP contribution in [0.5, 0.6) is 0 Å². The average molecular weight is 748 g/mol. The number of unbranched alkanes of at least 4 members (excludes halogenated alkanes) is 18. The number of rotatable bonds is 39. The first kappa shape index (κ1) is 51.3. The van der Waals surface area contributed by atoms with Crippen LogP contribution < -0.4 is 5.32 Å². The van der Waals surface area contributed by atoms with Gasteiger partial charge in [0.15, 0.2) is 0 Å². The maximum atomic E-state index is 12.3. The summed E-state index contributed by atoms with van der Waals surface area (Å²) in [5.74, 6) is -0.0747. The standard InChI is InChI=1S/C50H85NO3/c1-3-5-7-9-11-12-13-14-15-16-17-18-19-20-21-22-23-24-25-26-27-28-29-30-31-32-33-34-35-36-37-38-40-42-44-46-50(54)51-48(47-52)49(53)45-43-41-39-10-8-6-4-2/h5,7,11-12,14-15,17-18,20-21,23-24,26-27,43,45,48-49,52-53H,3-4,6,8-10,13,16,19,22,25,28-42,44,46-47H2,1-2H3,(H,51,54)/b7-5-,12-11-,15-14-,18-17-,21-20-,24-23-,27-26-,45-43+. The smallest absolute Gasteiger partial charge is 0.220 e. The van der Waals surface area contributed by atoms with Gasteiger partial charge in [-0.2, -0.15) is 0 Å². The molecule has 3 N–H and O–H groups in total. The Hall–Kier alpha value is -2.69. The number of allylic oxidation sites excluding steroid dienone is 15. The highest BCUT2D eigenvalue weighted by molar-refractivity contribution is 5.76. The van der Waals surface area contributed by atoms with Crippen LogP contribution in [-0.4, -0.2) is 34.9 Å². The van der Waals surface area contributed by atoms with Crippen molar-refractivity contribution in [2.45, 2.75) is 206 Å². The summed E-state index contributed by atoms with van der Waals surface area (Å²) >= 11 is 0. The number of carbonyl (C=O) groups excluding carboxylic acids is 1. The molecule has 0 aliphatic carbocycles. The first-order valence-electron chi connectivity index (χ1n) is 22.5. The van der Waals surface area contributed by atoms with Gasteiger partial charge in [0, 0.05) is 6.42 Å². The van der Waals surface area contributed by atoms with Crippen molar-refractivity contribution in [1.29, 1.82) is 0 Å². The monoisotopic (exact) mass is 748 g/mol. The van der Waals surface area contributed by atoms with Crippen molar-refractivity contribution in [1.82, 2.24) is 5.32 Å². The van der Waals surface area contributed by atoms with Crippen LogP contribution in [0.3, 0.4) is 0 Å². The molecule has 0 rings (SSSR count). The van der Waals surface area contributed by atoms with Crippen molar-refractivity contribution in [3.05, 3.63) is 97.2 Å². The molecular weight excluding hydrogens is 663 g/mol. The van der Waals surface area contributed by atoms with Crippen LogP contribution in [0, 0.1) is 0 Å². The lowest BCUT2D eigenvalue weighted by Crippen LogP contribution is -2.45. The van der Waals surface area contributed by atoms with Gasteiger partial charge in [0.05, 0.1) is 18.8 Å². The van der Waals surface area contributed by atoms with E-state index in [1.165, 1.54) is 103 Å². The molecule has 0 aromatic rings. The minimum absolute atomic E-state index is 0.0747. The second kappa shape index (κ2) is 44.7. The largest absolute Gasteiger partial charge is 0.394 e. The van der Waals surface area contributed by atoms with Gasteiger partial charge in [0.2, 0.25) is 5.91 Å². The van der Waals surface area contributed by atoms with Gasteiger partial charge in [-0.05, 0) is 77.0 Å². The normalized spacial score (nSPS) is 13.9. The lowest BCUT2D eigenvalue weighted by Gasteiger charge is -2.20. The molecule has 1 amide bonds. The van der Waals surface area contributed by atoms with E-state index in [0.717, 1.165) is 70.6 Å². The zero-order chi connectivity index (χ0) is 39.3. The van der Waals surface area contributed by atoms with Crippen molar-refractivity contribution in [2.24, 2.45) is 0 Å². The number of aliphatic hydroxyl groups excluding tert-OH is 2. The van der Waals surface area contributed by atoms with Gasteiger partial charge >= 0.3 is 0 Å². The fourth-order valence-corrected chi connectivity index (χ4v) is 6.16. The summed E-state index contributed by atoms with van der Waals surface area (Å²) in [6, 6.07) is -0.624. The summed E-state index contributed by atoms with van der Waals surface area (Å²) in [5, 5.41) is 22.8. The molecule has 0 heterocycles. The number of hydrogen-bond donors (Lipinski definition) is 3. The molecule has 308 valence electrons. The van der Waals surface area contributed by atoms with Crippen molar-refractivity contribution < 1.29 is 15.0 Å². The summed E-state index contributed by atoms with van der Waals surface area (Å²) in [6.45, 7) is 4.12. The lowest BCUT2D eigenvalue weighted by molar-refractivity contribution is -0.123. The molecule has 2 unspecified atom stereocenters. The predicted molar refractivity (Wildman–Crippen MR) is 239 cm³/mol. The van der Waals surface area contributed by atoms with Crippen LogP contribution in [0.15, 0.2) is 97.2 Å². The summed E-state index contributed by atoms with van der Waals surface area (Å²) < 4.78 is 0. The Labute approximate surface area is 334 Å². The van der Waals surface area contributed by atoms with Gasteiger partial charge in [-0.15, -0.1) is 0 Å². The highest BCUT2D eigenvalue weighted by Crippen LogP contribution is 2.14. The van der Waals surface area contributed by atoms with Gasteiger partial charge in [0.25, 0.3) is 0 Å². The number of nitrogens with one attached hydrogen (secondary N) is 1. The molecule has 4 heteroatoms. The number of amides is 1. The van der Waals surface area contributed by atoms with E-state index in [1.807, 2.05) is 6.08 Å². The highest BCUT2D eigenvalue weighted by atomic mass is 16.3. The quantitative estimate of drug-likeness (QED) is 0.0433. The first-order chi connectivity index (χ1) is 26.7. The molecule has 4 nitrogen and oxygen atoms in total. The van der Waals surface area contributed by atoms with Gasteiger partial charge < -0.3 is 15.5 Å². The molecule has 54 heavy (non-hydrogen) atoms. The van der Waals surface area contributed by atoms with Crippen LogP contribution in [0.2, 0.25) is 0 Å². The third-order valence-corrected chi connectivity index (χ3v) is 9.57. The molecule has 0 spiro atoms. The molecule has 0 bridgehead atoms. The summed E-state index contributed by atoms with van der Waals surface area (Å²) in [4.78, 5) is 12.3. The SMILES string of the molecule is CC/C=C\C/C=C\C/C=C\C/C=C\C/C=C\C/C=C\C/C=C\CCCCCCCCCCCCCCCC(=O)NC(CO)C(O)/C=C/CCCCCCC. The van der Waals surface area contributed by atoms with Crippen LogP contribution in [0.25, 0.3) is 0 Å². The second-order valence-corrected chi connectivity index (χ2v) is 14.7. The Morgan fingerprint density at radius 3 is 1.22 bits per heavy atom. The predicted octanol–water partition coefficient (Wildman–Crippen LogP) is 14.2. The fraction of sp³-hybridized carbons (Fsp3) is 0.660. The molecule has 0 saturated carbocycles. The second-order valence-electron chi connectivity index (χ2n) is 14.7. The molecule has 0 aliphatic rings. The zero-order valence-electron chi connectivity index (χ0n) is 35.2. The maximum absolute atomic E-state index is 12.3. The molecule has 0 fully saturated rings. The van der Waals surface area contributed by atoms with Crippen molar-refractivity contribution in [2.75, 3.05) is 6.61 Å². The number of hydrogen-bond acceptors (Lipinski definition) is 3. The van der Waals surface area contributed by atoms with E-state index in [-0.39, 0.29) is 12.5 Å². The first-order valence-corrected chi connectivity index (χ1v) is 22.5. The topological polar surface area (TPSA) is 69.6 Å². The van der Waals surface area contributed by atoms with Crippen molar-refractivity contribution in [3.63, 3.8) is 0 Å². The van der Waals surface area contributed by atoms with Gasteiger partial charge in [-0.1, -0.05) is 207 Å². The highest BCUT2D eigenvalue weighted by Gasteiger charge is 2.17. The average Bonchev–Trinajstić information content (AvgIpc) is 3.18. The molecule has 0 saturated heterocycles. The fourth-order valence-electron chi connectivity index (χ4n) is 6.16. The zero-order valence-corrected chi connectivity index (χ0v) is 35.2. The summed E-state index contributed by atoms with van der Waals surface area (Å²) in [6.07, 6.45) is 66.8. The number of carbonyl (C=O) groups is 1. The third kappa shape index (κ3) is 40.5. The molecule has 0 aromatic carbocycles. The molecule has 0 radical (unpaired) electrons. The van der Waals surface area contributed by atoms with E-state index in [1.54, 1.807) is 6.08 Å². The van der Waals surface area contributed by atoms with E-state index in [4.69, 9.17) is 0 Å². The Balaban J connectivity index is 3.53. The van der Waals surface area contributed by atoms with Crippen LogP contribution in [0.4, 0.5) is 0 Å². The van der Waals surface area contributed by atoms with E-state index < -0.39 is 12.1 Å². The summed E-state index contributed by atoms with van der Waals surface area (Å²) in [5.41, 5.74) is 0. The van der Waals surface area contributed by atoms with Crippen LogP contribution in [0.1, 0.15) is 194 Å². The Bertz CT molecular complexity index is 1030. The third-order valence-electron chi connectivity index (χ3n) is 9.57. The Morgan fingerprint density at radius 2 is 0.815 bits per heavy atom. The maximum Gasteiger partial charge on any atom is 0.220 e. The Kier molecular flexibility index (Phi) is 42.5. The van der Waals surface area contributed by atoms with E-state index in [0.29, 0.717) is 6.42 Å². The van der Waals surface area contributed by atoms with E-state index in [2.05, 4.69) is 104 Å².